The second-order valence-corrected chi connectivity index (χ2v) is 4.94. The van der Waals surface area contributed by atoms with Crippen LogP contribution in [0.1, 0.15) is 18.2 Å². The second kappa shape index (κ2) is 5.94. The molecule has 21 heavy (non-hydrogen) atoms. The molecular formula is C18H18N2O. The molecule has 3 heteroatoms. The Hall–Kier alpha value is -2.39. The van der Waals surface area contributed by atoms with Crippen LogP contribution in [0.15, 0.2) is 54.6 Å². The van der Waals surface area contributed by atoms with Gasteiger partial charge in [-0.1, -0.05) is 31.2 Å². The van der Waals surface area contributed by atoms with Crippen LogP contribution in [0, 0.1) is 0 Å². The maximum atomic E-state index is 6.08. The first kappa shape index (κ1) is 13.6. The standard InChI is InChI=1S/C18H18N2O/c1-2-13-6-5-7-15(10-13)21-18-11-14(12-19)20-17-9-4-3-8-16(17)18/h3-11H,2,12,19H2,1H3. The Balaban J connectivity index is 2.06. The Morgan fingerprint density at radius 3 is 2.71 bits per heavy atom. The van der Waals surface area contributed by atoms with Crippen molar-refractivity contribution < 1.29 is 4.74 Å². The van der Waals surface area contributed by atoms with Crippen molar-refractivity contribution in [3.05, 3.63) is 65.9 Å². The van der Waals surface area contributed by atoms with Gasteiger partial charge in [0.25, 0.3) is 0 Å². The molecule has 0 unspecified atom stereocenters. The first-order chi connectivity index (χ1) is 10.3. The Labute approximate surface area is 124 Å². The highest BCUT2D eigenvalue weighted by Crippen LogP contribution is 2.30. The minimum atomic E-state index is 0.399. The summed E-state index contributed by atoms with van der Waals surface area (Å²) in [6.45, 7) is 2.53. The van der Waals surface area contributed by atoms with E-state index in [2.05, 4.69) is 24.0 Å². The van der Waals surface area contributed by atoms with E-state index in [1.165, 1.54) is 5.56 Å². The predicted octanol–water partition coefficient (Wildman–Crippen LogP) is 4.05. The average molecular weight is 278 g/mol. The Morgan fingerprint density at radius 1 is 1.05 bits per heavy atom. The molecule has 2 N–H and O–H groups in total. The highest BCUT2D eigenvalue weighted by molar-refractivity contribution is 5.85. The lowest BCUT2D eigenvalue weighted by Gasteiger charge is -2.11. The Morgan fingerprint density at radius 2 is 1.90 bits per heavy atom. The SMILES string of the molecule is CCc1cccc(Oc2cc(CN)nc3ccccc23)c1. The number of aryl methyl sites for hydroxylation is 1. The number of hydrogen-bond acceptors (Lipinski definition) is 3. The lowest BCUT2D eigenvalue weighted by molar-refractivity contribution is 0.486. The zero-order chi connectivity index (χ0) is 14.7. The Kier molecular flexibility index (Phi) is 3.84. The van der Waals surface area contributed by atoms with Gasteiger partial charge in [-0.05, 0) is 36.2 Å². The van der Waals surface area contributed by atoms with Crippen LogP contribution in [-0.2, 0) is 13.0 Å². The van der Waals surface area contributed by atoms with Gasteiger partial charge in [-0.2, -0.15) is 0 Å². The summed E-state index contributed by atoms with van der Waals surface area (Å²) in [5.74, 6) is 1.64. The smallest absolute Gasteiger partial charge is 0.138 e. The maximum absolute atomic E-state index is 6.08. The molecule has 0 aliphatic carbocycles. The molecule has 0 aliphatic rings. The maximum Gasteiger partial charge on any atom is 0.138 e. The third kappa shape index (κ3) is 2.88. The Bertz CT molecular complexity index is 768. The molecule has 0 spiro atoms. The zero-order valence-corrected chi connectivity index (χ0v) is 12.0. The summed E-state index contributed by atoms with van der Waals surface area (Å²) >= 11 is 0. The molecule has 0 bridgehead atoms. The molecule has 3 nitrogen and oxygen atoms in total. The number of nitrogens with two attached hydrogens (primary N) is 1. The number of rotatable bonds is 4. The van der Waals surface area contributed by atoms with Gasteiger partial charge in [0.05, 0.1) is 11.2 Å². The number of hydrogen-bond donors (Lipinski definition) is 1. The molecule has 106 valence electrons. The second-order valence-electron chi connectivity index (χ2n) is 4.94. The molecule has 3 aromatic rings. The summed E-state index contributed by atoms with van der Waals surface area (Å²) < 4.78 is 6.08. The molecule has 0 radical (unpaired) electrons. The van der Waals surface area contributed by atoms with Gasteiger partial charge in [0, 0.05) is 18.0 Å². The summed E-state index contributed by atoms with van der Waals surface area (Å²) in [5.41, 5.74) is 8.72. The van der Waals surface area contributed by atoms with Crippen LogP contribution in [0.2, 0.25) is 0 Å². The van der Waals surface area contributed by atoms with Crippen LogP contribution in [0.4, 0.5) is 0 Å². The fraction of sp³-hybridized carbons (Fsp3) is 0.167. The fourth-order valence-electron chi connectivity index (χ4n) is 2.34. The van der Waals surface area contributed by atoms with E-state index < -0.39 is 0 Å². The number of ether oxygens (including phenoxy) is 1. The van der Waals surface area contributed by atoms with E-state index in [1.54, 1.807) is 0 Å². The number of pyridine rings is 1. The normalized spacial score (nSPS) is 10.8. The summed E-state index contributed by atoms with van der Waals surface area (Å²) in [5, 5.41) is 0.997. The summed E-state index contributed by atoms with van der Waals surface area (Å²) in [7, 11) is 0. The molecule has 1 heterocycles. The quantitative estimate of drug-likeness (QED) is 0.783. The summed E-state index contributed by atoms with van der Waals surface area (Å²) in [6.07, 6.45) is 0.988. The fourth-order valence-corrected chi connectivity index (χ4v) is 2.34. The monoisotopic (exact) mass is 278 g/mol. The number of nitrogens with zero attached hydrogens (tertiary/aromatic N) is 1. The van der Waals surface area contributed by atoms with Crippen LogP contribution < -0.4 is 10.5 Å². The third-order valence-corrected chi connectivity index (χ3v) is 3.47. The van der Waals surface area contributed by atoms with Crippen molar-refractivity contribution in [1.29, 1.82) is 0 Å². The highest BCUT2D eigenvalue weighted by Gasteiger charge is 2.07. The molecule has 0 saturated heterocycles. The zero-order valence-electron chi connectivity index (χ0n) is 12.0. The number of benzene rings is 2. The molecule has 1 aromatic heterocycles. The highest BCUT2D eigenvalue weighted by atomic mass is 16.5. The van der Waals surface area contributed by atoms with Crippen LogP contribution in [0.3, 0.4) is 0 Å². The van der Waals surface area contributed by atoms with Gasteiger partial charge in [0.1, 0.15) is 11.5 Å². The van der Waals surface area contributed by atoms with E-state index >= 15 is 0 Å². The van der Waals surface area contributed by atoms with E-state index in [0.29, 0.717) is 6.54 Å². The predicted molar refractivity (Wildman–Crippen MR) is 85.5 cm³/mol. The lowest BCUT2D eigenvalue weighted by atomic mass is 10.1. The van der Waals surface area contributed by atoms with Gasteiger partial charge in [-0.15, -0.1) is 0 Å². The van der Waals surface area contributed by atoms with Crippen molar-refractivity contribution in [2.24, 2.45) is 5.73 Å². The summed E-state index contributed by atoms with van der Waals surface area (Å²) in [4.78, 5) is 4.52. The van der Waals surface area contributed by atoms with Crippen LogP contribution >= 0.6 is 0 Å². The van der Waals surface area contributed by atoms with Crippen molar-refractivity contribution in [3.63, 3.8) is 0 Å². The number of fused-ring (bicyclic) bond motifs is 1. The largest absolute Gasteiger partial charge is 0.457 e. The van der Waals surface area contributed by atoms with Crippen molar-refractivity contribution in [2.75, 3.05) is 0 Å². The van der Waals surface area contributed by atoms with E-state index in [9.17, 15) is 0 Å². The summed E-state index contributed by atoms with van der Waals surface area (Å²) in [6, 6.07) is 18.0. The molecule has 3 rings (SSSR count). The third-order valence-electron chi connectivity index (χ3n) is 3.47. The molecular weight excluding hydrogens is 260 g/mol. The van der Waals surface area contributed by atoms with Crippen LogP contribution in [0.5, 0.6) is 11.5 Å². The molecule has 0 aliphatic heterocycles. The van der Waals surface area contributed by atoms with Crippen LogP contribution in [-0.4, -0.2) is 4.98 Å². The van der Waals surface area contributed by atoms with E-state index in [-0.39, 0.29) is 0 Å². The topological polar surface area (TPSA) is 48.1 Å². The van der Waals surface area contributed by atoms with Crippen molar-refractivity contribution >= 4 is 10.9 Å². The van der Waals surface area contributed by atoms with E-state index in [1.807, 2.05) is 42.5 Å². The van der Waals surface area contributed by atoms with Crippen LogP contribution in [0.25, 0.3) is 10.9 Å². The first-order valence-electron chi connectivity index (χ1n) is 7.15. The first-order valence-corrected chi connectivity index (χ1v) is 7.15. The van der Waals surface area contributed by atoms with E-state index in [4.69, 9.17) is 10.5 Å². The minimum Gasteiger partial charge on any atom is -0.457 e. The van der Waals surface area contributed by atoms with E-state index in [0.717, 1.165) is 34.5 Å². The average Bonchev–Trinajstić information content (AvgIpc) is 2.55. The molecule has 0 saturated carbocycles. The van der Waals surface area contributed by atoms with Gasteiger partial charge in [0.15, 0.2) is 0 Å². The van der Waals surface area contributed by atoms with Crippen molar-refractivity contribution in [1.82, 2.24) is 4.98 Å². The van der Waals surface area contributed by atoms with Gasteiger partial charge in [-0.3, -0.25) is 4.98 Å². The molecule has 0 atom stereocenters. The number of aromatic nitrogens is 1. The lowest BCUT2D eigenvalue weighted by Crippen LogP contribution is -2.00. The van der Waals surface area contributed by atoms with Gasteiger partial charge in [0.2, 0.25) is 0 Å². The number of para-hydroxylation sites is 1. The van der Waals surface area contributed by atoms with Gasteiger partial charge in [-0.25, -0.2) is 0 Å². The van der Waals surface area contributed by atoms with Gasteiger partial charge >= 0.3 is 0 Å². The van der Waals surface area contributed by atoms with Crippen molar-refractivity contribution in [2.45, 2.75) is 19.9 Å². The van der Waals surface area contributed by atoms with Gasteiger partial charge < -0.3 is 10.5 Å². The minimum absolute atomic E-state index is 0.399. The molecule has 0 fully saturated rings. The van der Waals surface area contributed by atoms with Crippen molar-refractivity contribution in [3.8, 4) is 11.5 Å². The molecule has 2 aromatic carbocycles. The molecule has 0 amide bonds.